The molecule has 6 nitrogen and oxygen atoms in total. The minimum absolute atomic E-state index is 0.0411. The maximum Gasteiger partial charge on any atom is 0.243 e. The Morgan fingerprint density at radius 1 is 1.14 bits per heavy atom. The molecule has 1 saturated heterocycles. The molecule has 3 rings (SSSR count). The normalized spacial score (nSPS) is 16.0. The number of nitrogens with zero attached hydrogens (tertiary/aromatic N) is 1. The SMILES string of the molecule is Cc1ccc(CN2C[C@@H](C(=O)NCC(=O)Nc3ccc(Br)cc3C)CC2=O)cc1. The van der Waals surface area contributed by atoms with Crippen molar-refractivity contribution in [2.75, 3.05) is 18.4 Å². The Morgan fingerprint density at radius 3 is 2.55 bits per heavy atom. The van der Waals surface area contributed by atoms with Crippen LogP contribution < -0.4 is 10.6 Å². The largest absolute Gasteiger partial charge is 0.347 e. The van der Waals surface area contributed by atoms with E-state index < -0.39 is 5.92 Å². The minimum atomic E-state index is -0.435. The minimum Gasteiger partial charge on any atom is -0.347 e. The molecule has 0 aromatic heterocycles. The molecule has 0 saturated carbocycles. The van der Waals surface area contributed by atoms with Crippen LogP contribution in [-0.2, 0) is 20.9 Å². The quantitative estimate of drug-likeness (QED) is 0.698. The van der Waals surface area contributed by atoms with Gasteiger partial charge in [0.1, 0.15) is 0 Å². The molecule has 1 fully saturated rings. The molecular formula is C22H24BrN3O3. The topological polar surface area (TPSA) is 78.5 Å². The number of aryl methyl sites for hydroxylation is 2. The predicted octanol–water partition coefficient (Wildman–Crippen LogP) is 3.17. The van der Waals surface area contributed by atoms with Crippen molar-refractivity contribution < 1.29 is 14.4 Å². The van der Waals surface area contributed by atoms with E-state index in [-0.39, 0.29) is 30.7 Å². The summed E-state index contributed by atoms with van der Waals surface area (Å²) in [7, 11) is 0. The highest BCUT2D eigenvalue weighted by molar-refractivity contribution is 9.10. The molecule has 1 heterocycles. The van der Waals surface area contributed by atoms with E-state index in [1.165, 1.54) is 0 Å². The molecule has 0 aliphatic carbocycles. The van der Waals surface area contributed by atoms with Crippen molar-refractivity contribution in [1.29, 1.82) is 0 Å². The van der Waals surface area contributed by atoms with Crippen LogP contribution in [0.5, 0.6) is 0 Å². The van der Waals surface area contributed by atoms with Gasteiger partial charge < -0.3 is 15.5 Å². The number of nitrogens with one attached hydrogen (secondary N) is 2. The monoisotopic (exact) mass is 457 g/mol. The fraction of sp³-hybridized carbons (Fsp3) is 0.318. The molecule has 0 radical (unpaired) electrons. The van der Waals surface area contributed by atoms with Crippen LogP contribution in [-0.4, -0.2) is 35.7 Å². The molecule has 3 amide bonds. The van der Waals surface area contributed by atoms with E-state index in [9.17, 15) is 14.4 Å². The Hall–Kier alpha value is -2.67. The molecule has 0 bridgehead atoms. The van der Waals surface area contributed by atoms with Gasteiger partial charge >= 0.3 is 0 Å². The lowest BCUT2D eigenvalue weighted by atomic mass is 10.1. The van der Waals surface area contributed by atoms with E-state index in [2.05, 4.69) is 26.6 Å². The van der Waals surface area contributed by atoms with Gasteiger partial charge in [-0.15, -0.1) is 0 Å². The van der Waals surface area contributed by atoms with Crippen LogP contribution in [0.4, 0.5) is 5.69 Å². The summed E-state index contributed by atoms with van der Waals surface area (Å²) in [5, 5.41) is 5.44. The van der Waals surface area contributed by atoms with Crippen molar-refractivity contribution in [3.05, 3.63) is 63.6 Å². The Labute approximate surface area is 178 Å². The second kappa shape index (κ2) is 9.22. The smallest absolute Gasteiger partial charge is 0.243 e. The Kier molecular flexibility index (Phi) is 6.69. The van der Waals surface area contributed by atoms with Crippen molar-refractivity contribution in [2.24, 2.45) is 5.92 Å². The lowest BCUT2D eigenvalue weighted by molar-refractivity contribution is -0.129. The van der Waals surface area contributed by atoms with Crippen molar-refractivity contribution in [2.45, 2.75) is 26.8 Å². The molecule has 2 N–H and O–H groups in total. The summed E-state index contributed by atoms with van der Waals surface area (Å²) < 4.78 is 0.933. The number of halogens is 1. The number of carbonyl (C=O) groups excluding carboxylic acids is 3. The predicted molar refractivity (Wildman–Crippen MR) is 115 cm³/mol. The number of rotatable bonds is 6. The number of hydrogen-bond acceptors (Lipinski definition) is 3. The summed E-state index contributed by atoms with van der Waals surface area (Å²) in [6, 6.07) is 13.5. The fourth-order valence-corrected chi connectivity index (χ4v) is 3.76. The highest BCUT2D eigenvalue weighted by Gasteiger charge is 2.34. The molecule has 1 aliphatic rings. The van der Waals surface area contributed by atoms with Crippen LogP contribution in [0.15, 0.2) is 46.9 Å². The molecule has 0 spiro atoms. The summed E-state index contributed by atoms with van der Waals surface area (Å²) in [5.74, 6) is -1.05. The number of hydrogen-bond donors (Lipinski definition) is 2. The lowest BCUT2D eigenvalue weighted by Gasteiger charge is -2.17. The summed E-state index contributed by atoms with van der Waals surface area (Å²) in [6.45, 7) is 4.64. The lowest BCUT2D eigenvalue weighted by Crippen LogP contribution is -2.37. The summed E-state index contributed by atoms with van der Waals surface area (Å²) in [6.07, 6.45) is 0.172. The Morgan fingerprint density at radius 2 is 1.86 bits per heavy atom. The van der Waals surface area contributed by atoms with E-state index in [1.807, 2.05) is 50.2 Å². The summed E-state index contributed by atoms with van der Waals surface area (Å²) >= 11 is 3.38. The van der Waals surface area contributed by atoms with Gasteiger partial charge in [0.25, 0.3) is 0 Å². The molecule has 29 heavy (non-hydrogen) atoms. The van der Waals surface area contributed by atoms with E-state index in [1.54, 1.807) is 11.0 Å². The third-order valence-corrected chi connectivity index (χ3v) is 5.46. The Balaban J connectivity index is 1.48. The van der Waals surface area contributed by atoms with E-state index >= 15 is 0 Å². The molecule has 2 aromatic carbocycles. The highest BCUT2D eigenvalue weighted by atomic mass is 79.9. The number of benzene rings is 2. The average molecular weight is 458 g/mol. The first kappa shape index (κ1) is 21.0. The number of amides is 3. The maximum absolute atomic E-state index is 12.4. The van der Waals surface area contributed by atoms with Gasteiger partial charge in [0.2, 0.25) is 17.7 Å². The third kappa shape index (κ3) is 5.67. The van der Waals surface area contributed by atoms with Crippen LogP contribution in [0.2, 0.25) is 0 Å². The van der Waals surface area contributed by atoms with Gasteiger partial charge in [0, 0.05) is 29.7 Å². The highest BCUT2D eigenvalue weighted by Crippen LogP contribution is 2.21. The molecular weight excluding hydrogens is 434 g/mol. The van der Waals surface area contributed by atoms with Gasteiger partial charge in [0.05, 0.1) is 12.5 Å². The van der Waals surface area contributed by atoms with Crippen LogP contribution in [0.25, 0.3) is 0 Å². The maximum atomic E-state index is 12.4. The molecule has 1 atom stereocenters. The first-order valence-corrected chi connectivity index (χ1v) is 10.3. The van der Waals surface area contributed by atoms with Crippen molar-refractivity contribution in [3.63, 3.8) is 0 Å². The first-order valence-electron chi connectivity index (χ1n) is 9.49. The molecule has 152 valence electrons. The van der Waals surface area contributed by atoms with E-state index in [4.69, 9.17) is 0 Å². The zero-order valence-electron chi connectivity index (χ0n) is 16.5. The molecule has 7 heteroatoms. The van der Waals surface area contributed by atoms with E-state index in [0.29, 0.717) is 18.8 Å². The van der Waals surface area contributed by atoms with Crippen LogP contribution >= 0.6 is 15.9 Å². The van der Waals surface area contributed by atoms with Gasteiger partial charge in [-0.05, 0) is 43.2 Å². The first-order chi connectivity index (χ1) is 13.8. The summed E-state index contributed by atoms with van der Waals surface area (Å²) in [4.78, 5) is 38.5. The Bertz CT molecular complexity index is 927. The van der Waals surface area contributed by atoms with Gasteiger partial charge in [-0.25, -0.2) is 0 Å². The molecule has 2 aromatic rings. The van der Waals surface area contributed by atoms with Crippen molar-refractivity contribution >= 4 is 39.3 Å². The van der Waals surface area contributed by atoms with Gasteiger partial charge in [-0.3, -0.25) is 14.4 Å². The van der Waals surface area contributed by atoms with Crippen LogP contribution in [0.1, 0.15) is 23.1 Å². The number of likely N-dealkylation sites (tertiary alicyclic amines) is 1. The van der Waals surface area contributed by atoms with Crippen LogP contribution in [0.3, 0.4) is 0 Å². The second-order valence-corrected chi connectivity index (χ2v) is 8.30. The number of carbonyl (C=O) groups is 3. The van der Waals surface area contributed by atoms with Crippen molar-refractivity contribution in [1.82, 2.24) is 10.2 Å². The summed E-state index contributed by atoms with van der Waals surface area (Å²) in [5.41, 5.74) is 3.82. The molecule has 1 aliphatic heterocycles. The van der Waals surface area contributed by atoms with Gasteiger partial charge in [-0.1, -0.05) is 45.8 Å². The van der Waals surface area contributed by atoms with Crippen LogP contribution in [0, 0.1) is 19.8 Å². The average Bonchev–Trinajstić information content (AvgIpc) is 3.04. The number of anilines is 1. The van der Waals surface area contributed by atoms with E-state index in [0.717, 1.165) is 21.2 Å². The second-order valence-electron chi connectivity index (χ2n) is 7.39. The van der Waals surface area contributed by atoms with Crippen molar-refractivity contribution in [3.8, 4) is 0 Å². The third-order valence-electron chi connectivity index (χ3n) is 4.97. The fourth-order valence-electron chi connectivity index (χ4n) is 3.29. The van der Waals surface area contributed by atoms with Gasteiger partial charge in [-0.2, -0.15) is 0 Å². The standard InChI is InChI=1S/C22H24BrN3O3/c1-14-3-5-16(6-4-14)12-26-13-17(10-21(26)28)22(29)24-11-20(27)25-19-8-7-18(23)9-15(19)2/h3-9,17H,10-13H2,1-2H3,(H,24,29)(H,25,27)/t17-/m0/s1. The molecule has 0 unspecified atom stereocenters. The van der Waals surface area contributed by atoms with Gasteiger partial charge in [0.15, 0.2) is 0 Å². The zero-order chi connectivity index (χ0) is 21.0. The zero-order valence-corrected chi connectivity index (χ0v) is 18.1.